The third-order valence-corrected chi connectivity index (χ3v) is 7.80. The number of thiocarbonyl (C=S) groups is 1. The van der Waals surface area contributed by atoms with Crippen molar-refractivity contribution in [3.8, 4) is 11.6 Å². The monoisotopic (exact) mass is 509 g/mol. The maximum absolute atomic E-state index is 6.22. The summed E-state index contributed by atoms with van der Waals surface area (Å²) in [7, 11) is 0. The lowest BCUT2D eigenvalue weighted by Crippen LogP contribution is -2.29. The zero-order valence-electron chi connectivity index (χ0n) is 21.2. The molecule has 0 amide bonds. The van der Waals surface area contributed by atoms with Crippen LogP contribution >= 0.6 is 12.2 Å². The highest BCUT2D eigenvalue weighted by Crippen LogP contribution is 2.44. The Kier molecular flexibility index (Phi) is 6.38. The molecule has 1 N–H and O–H groups in total. The quantitative estimate of drug-likeness (QED) is 0.304. The fraction of sp³-hybridized carbons (Fsp3) is 0.300. The third kappa shape index (κ3) is 4.48. The molecule has 2 aliphatic rings. The van der Waals surface area contributed by atoms with Gasteiger partial charge in [-0.1, -0.05) is 12.1 Å². The molecule has 1 aromatic carbocycles. The second-order valence-electron chi connectivity index (χ2n) is 9.86. The molecule has 1 aliphatic heterocycles. The van der Waals surface area contributed by atoms with E-state index in [4.69, 9.17) is 21.9 Å². The molecule has 2 fully saturated rings. The smallest absolute Gasteiger partial charge is 0.174 e. The minimum atomic E-state index is -0.0965. The molecule has 0 spiro atoms. The lowest BCUT2D eigenvalue weighted by Gasteiger charge is -2.28. The number of aromatic nitrogens is 3. The first-order valence-corrected chi connectivity index (χ1v) is 13.4. The molecule has 7 heteroatoms. The van der Waals surface area contributed by atoms with Gasteiger partial charge in [0, 0.05) is 29.5 Å². The molecule has 4 heterocycles. The van der Waals surface area contributed by atoms with Gasteiger partial charge in [-0.15, -0.1) is 0 Å². The summed E-state index contributed by atoms with van der Waals surface area (Å²) in [5.74, 6) is 1.83. The molecule has 4 aromatic rings. The van der Waals surface area contributed by atoms with E-state index in [2.05, 4.69) is 70.0 Å². The van der Waals surface area contributed by atoms with Crippen LogP contribution in [0.15, 0.2) is 79.1 Å². The predicted octanol–water partition coefficient (Wildman–Crippen LogP) is 6.38. The average molecular weight is 510 g/mol. The zero-order chi connectivity index (χ0) is 25.4. The second kappa shape index (κ2) is 9.98. The summed E-state index contributed by atoms with van der Waals surface area (Å²) in [6.45, 7) is 4.28. The highest BCUT2D eigenvalue weighted by Gasteiger charge is 2.42. The first-order valence-electron chi connectivity index (χ1n) is 13.0. The van der Waals surface area contributed by atoms with Gasteiger partial charge in [0.2, 0.25) is 0 Å². The first kappa shape index (κ1) is 23.7. The number of pyridine rings is 2. The van der Waals surface area contributed by atoms with Gasteiger partial charge in [-0.05, 0) is 112 Å². The highest BCUT2D eigenvalue weighted by molar-refractivity contribution is 7.80. The molecule has 0 radical (unpaired) electrons. The maximum Gasteiger partial charge on any atom is 0.174 e. The molecule has 188 valence electrons. The number of ether oxygens (including phenoxy) is 1. The van der Waals surface area contributed by atoms with Gasteiger partial charge in [0.1, 0.15) is 11.6 Å². The Labute approximate surface area is 223 Å². The lowest BCUT2D eigenvalue weighted by molar-refractivity contribution is 0.210. The number of hydrogen-bond acceptors (Lipinski definition) is 4. The van der Waals surface area contributed by atoms with Gasteiger partial charge in [0.15, 0.2) is 5.11 Å². The van der Waals surface area contributed by atoms with E-state index < -0.39 is 0 Å². The van der Waals surface area contributed by atoms with Crippen LogP contribution in [0.25, 0.3) is 5.82 Å². The van der Waals surface area contributed by atoms with Crippen molar-refractivity contribution in [3.63, 3.8) is 0 Å². The Balaban J connectivity index is 1.41. The van der Waals surface area contributed by atoms with E-state index in [1.54, 1.807) is 0 Å². The fourth-order valence-electron chi connectivity index (χ4n) is 5.76. The zero-order valence-corrected chi connectivity index (χ0v) is 22.0. The van der Waals surface area contributed by atoms with Crippen LogP contribution in [-0.2, 0) is 0 Å². The Morgan fingerprint density at radius 1 is 0.919 bits per heavy atom. The summed E-state index contributed by atoms with van der Waals surface area (Å²) >= 11 is 5.94. The Bertz CT molecular complexity index is 1380. The minimum absolute atomic E-state index is 0.0762. The highest BCUT2D eigenvalue weighted by atomic mass is 32.1. The van der Waals surface area contributed by atoms with Crippen LogP contribution in [0.4, 0.5) is 5.69 Å². The third-order valence-electron chi connectivity index (χ3n) is 7.49. The van der Waals surface area contributed by atoms with Crippen molar-refractivity contribution in [1.29, 1.82) is 0 Å². The summed E-state index contributed by atoms with van der Waals surface area (Å²) in [6, 6.07) is 22.5. The summed E-state index contributed by atoms with van der Waals surface area (Å²) in [6.07, 6.45) is 8.79. The van der Waals surface area contributed by atoms with Crippen molar-refractivity contribution in [2.75, 3.05) is 4.90 Å². The number of rotatable bonds is 6. The van der Waals surface area contributed by atoms with Gasteiger partial charge in [-0.3, -0.25) is 4.98 Å². The van der Waals surface area contributed by atoms with Crippen LogP contribution in [0.3, 0.4) is 0 Å². The van der Waals surface area contributed by atoms with Crippen LogP contribution in [0.1, 0.15) is 60.4 Å². The second-order valence-corrected chi connectivity index (χ2v) is 10.3. The maximum atomic E-state index is 6.22. The summed E-state index contributed by atoms with van der Waals surface area (Å²) in [5, 5.41) is 4.26. The molecule has 6 rings (SSSR count). The number of aryl methyl sites for hydroxylation is 1. The molecule has 1 saturated heterocycles. The van der Waals surface area contributed by atoms with E-state index in [0.29, 0.717) is 11.2 Å². The van der Waals surface area contributed by atoms with Crippen LogP contribution < -0.4 is 15.0 Å². The van der Waals surface area contributed by atoms with Gasteiger partial charge in [0.05, 0.1) is 23.9 Å². The van der Waals surface area contributed by atoms with E-state index in [1.807, 2.05) is 42.7 Å². The van der Waals surface area contributed by atoms with Crippen molar-refractivity contribution in [1.82, 2.24) is 19.9 Å². The molecule has 0 bridgehead atoms. The average Bonchev–Trinajstić information content (AvgIpc) is 3.63. The van der Waals surface area contributed by atoms with Crippen molar-refractivity contribution < 1.29 is 4.74 Å². The van der Waals surface area contributed by atoms with Crippen LogP contribution in [0.5, 0.6) is 5.75 Å². The van der Waals surface area contributed by atoms with Gasteiger partial charge in [0.25, 0.3) is 0 Å². The molecule has 1 saturated carbocycles. The van der Waals surface area contributed by atoms with E-state index in [1.165, 1.54) is 18.4 Å². The summed E-state index contributed by atoms with van der Waals surface area (Å²) in [4.78, 5) is 11.5. The number of nitrogens with zero attached hydrogens (tertiary/aromatic N) is 4. The Morgan fingerprint density at radius 3 is 2.32 bits per heavy atom. The van der Waals surface area contributed by atoms with Gasteiger partial charge >= 0.3 is 0 Å². The molecule has 1 aliphatic carbocycles. The van der Waals surface area contributed by atoms with Crippen LogP contribution in [0, 0.1) is 13.8 Å². The van der Waals surface area contributed by atoms with Crippen LogP contribution in [0.2, 0.25) is 0 Å². The minimum Gasteiger partial charge on any atom is -0.490 e. The number of benzene rings is 1. The number of hydrogen-bond donors (Lipinski definition) is 1. The van der Waals surface area contributed by atoms with Gasteiger partial charge in [-0.2, -0.15) is 0 Å². The van der Waals surface area contributed by atoms with E-state index in [9.17, 15) is 0 Å². The predicted molar refractivity (Wildman–Crippen MR) is 150 cm³/mol. The number of anilines is 1. The standard InChI is InChI=1S/C30H31N5OS/c1-20-19-25(21(2)34(20)27-12-6-8-18-32-27)29-28(26-11-5-7-17-31-26)33-30(37)35(29)22-13-15-24(16-14-22)36-23-9-3-4-10-23/h5-8,11-19,23,28-29H,3-4,9-10H2,1-2H3,(H,33,37)/t28-,29+/m1/s1. The summed E-state index contributed by atoms with van der Waals surface area (Å²) in [5.41, 5.74) is 5.45. The van der Waals surface area contributed by atoms with Gasteiger partial charge < -0.3 is 19.5 Å². The molecule has 37 heavy (non-hydrogen) atoms. The fourth-order valence-corrected chi connectivity index (χ4v) is 6.10. The lowest BCUT2D eigenvalue weighted by atomic mass is 9.96. The van der Waals surface area contributed by atoms with Crippen molar-refractivity contribution in [3.05, 3.63) is 102 Å². The largest absolute Gasteiger partial charge is 0.490 e. The molecule has 3 aromatic heterocycles. The molecule has 2 atom stereocenters. The molecular formula is C30H31N5OS. The Morgan fingerprint density at radius 2 is 1.65 bits per heavy atom. The van der Waals surface area contributed by atoms with Crippen LogP contribution in [-0.4, -0.2) is 25.8 Å². The van der Waals surface area contributed by atoms with E-state index in [0.717, 1.165) is 47.2 Å². The summed E-state index contributed by atoms with van der Waals surface area (Å²) < 4.78 is 8.43. The topological polar surface area (TPSA) is 55.2 Å². The normalized spacial score (nSPS) is 19.8. The molecule has 0 unspecified atom stereocenters. The molecule has 6 nitrogen and oxygen atoms in total. The molecular weight excluding hydrogens is 478 g/mol. The van der Waals surface area contributed by atoms with E-state index in [-0.39, 0.29) is 12.1 Å². The SMILES string of the molecule is Cc1cc([C@H]2[C@@H](c3ccccn3)NC(=S)N2c2ccc(OC3CCCC3)cc2)c(C)n1-c1ccccn1. The number of nitrogens with one attached hydrogen (secondary N) is 1. The van der Waals surface area contributed by atoms with Crippen molar-refractivity contribution in [2.24, 2.45) is 0 Å². The van der Waals surface area contributed by atoms with Crippen molar-refractivity contribution in [2.45, 2.75) is 57.7 Å². The van der Waals surface area contributed by atoms with Crippen molar-refractivity contribution >= 4 is 23.0 Å². The first-order chi connectivity index (χ1) is 18.1. The van der Waals surface area contributed by atoms with E-state index >= 15 is 0 Å². The Hall–Kier alpha value is -3.71. The van der Waals surface area contributed by atoms with Gasteiger partial charge in [-0.25, -0.2) is 4.98 Å².